The first kappa shape index (κ1) is 14.2. The van der Waals surface area contributed by atoms with E-state index in [9.17, 15) is 9.59 Å². The number of benzene rings is 1. The molecule has 5 nitrogen and oxygen atoms in total. The lowest BCUT2D eigenvalue weighted by Crippen LogP contribution is -2.27. The highest BCUT2D eigenvalue weighted by molar-refractivity contribution is 7.11. The first-order chi connectivity index (χ1) is 9.58. The molecule has 1 unspecified atom stereocenters. The monoisotopic (exact) mass is 290 g/mol. The van der Waals surface area contributed by atoms with E-state index >= 15 is 0 Å². The van der Waals surface area contributed by atoms with Crippen LogP contribution in [0.25, 0.3) is 0 Å². The van der Waals surface area contributed by atoms with Gasteiger partial charge < -0.3 is 10.4 Å². The van der Waals surface area contributed by atoms with Gasteiger partial charge in [0.1, 0.15) is 5.69 Å². The van der Waals surface area contributed by atoms with E-state index < -0.39 is 5.97 Å². The smallest absolute Gasteiger partial charge is 0.365 e. The SMILES string of the molecule is CC(CNC(=O)c1csc(C(=O)O)n1)c1ccccc1. The van der Waals surface area contributed by atoms with Gasteiger partial charge in [-0.2, -0.15) is 0 Å². The van der Waals surface area contributed by atoms with Gasteiger partial charge in [0.2, 0.25) is 5.01 Å². The first-order valence-electron chi connectivity index (χ1n) is 6.10. The van der Waals surface area contributed by atoms with Gasteiger partial charge in [0.15, 0.2) is 0 Å². The zero-order valence-corrected chi connectivity index (χ0v) is 11.7. The van der Waals surface area contributed by atoms with E-state index in [-0.39, 0.29) is 22.5 Å². The molecule has 1 atom stereocenters. The van der Waals surface area contributed by atoms with Gasteiger partial charge in [-0.05, 0) is 11.5 Å². The van der Waals surface area contributed by atoms with Crippen LogP contribution < -0.4 is 5.32 Å². The number of hydrogen-bond donors (Lipinski definition) is 2. The van der Waals surface area contributed by atoms with Crippen molar-refractivity contribution in [2.24, 2.45) is 0 Å². The number of thiazole rings is 1. The van der Waals surface area contributed by atoms with Crippen LogP contribution >= 0.6 is 11.3 Å². The second kappa shape index (κ2) is 6.29. The van der Waals surface area contributed by atoms with Gasteiger partial charge in [0, 0.05) is 11.9 Å². The van der Waals surface area contributed by atoms with Crippen molar-refractivity contribution in [1.29, 1.82) is 0 Å². The molecule has 0 saturated carbocycles. The van der Waals surface area contributed by atoms with Crippen molar-refractivity contribution in [2.75, 3.05) is 6.54 Å². The molecular weight excluding hydrogens is 276 g/mol. The second-order valence-electron chi connectivity index (χ2n) is 4.36. The maximum absolute atomic E-state index is 11.9. The maximum atomic E-state index is 11.9. The Morgan fingerprint density at radius 1 is 1.35 bits per heavy atom. The molecule has 1 aromatic carbocycles. The van der Waals surface area contributed by atoms with Crippen LogP contribution in [-0.4, -0.2) is 28.5 Å². The van der Waals surface area contributed by atoms with Crippen LogP contribution in [0, 0.1) is 0 Å². The Kier molecular flexibility index (Phi) is 4.47. The molecule has 1 heterocycles. The van der Waals surface area contributed by atoms with E-state index in [4.69, 9.17) is 5.11 Å². The molecule has 0 radical (unpaired) electrons. The largest absolute Gasteiger partial charge is 0.476 e. The molecule has 6 heteroatoms. The molecule has 2 rings (SSSR count). The van der Waals surface area contributed by atoms with Crippen molar-refractivity contribution in [1.82, 2.24) is 10.3 Å². The minimum atomic E-state index is -1.12. The van der Waals surface area contributed by atoms with Crippen molar-refractivity contribution < 1.29 is 14.7 Å². The van der Waals surface area contributed by atoms with Gasteiger partial charge in [-0.3, -0.25) is 4.79 Å². The number of aromatic carboxylic acids is 1. The number of carbonyl (C=O) groups excluding carboxylic acids is 1. The van der Waals surface area contributed by atoms with E-state index in [1.54, 1.807) is 0 Å². The summed E-state index contributed by atoms with van der Waals surface area (Å²) >= 11 is 0.945. The van der Waals surface area contributed by atoms with E-state index in [1.807, 2.05) is 37.3 Å². The van der Waals surface area contributed by atoms with Gasteiger partial charge in [0.05, 0.1) is 0 Å². The van der Waals surface area contributed by atoms with Crippen molar-refractivity contribution in [2.45, 2.75) is 12.8 Å². The second-order valence-corrected chi connectivity index (χ2v) is 5.22. The number of hydrogen-bond acceptors (Lipinski definition) is 4. The van der Waals surface area contributed by atoms with Crippen LogP contribution in [0.5, 0.6) is 0 Å². The predicted octanol–water partition coefficient (Wildman–Crippen LogP) is 2.37. The minimum absolute atomic E-state index is 0.0775. The highest BCUT2D eigenvalue weighted by atomic mass is 32.1. The lowest BCUT2D eigenvalue weighted by molar-refractivity contribution is 0.0696. The number of rotatable bonds is 5. The zero-order chi connectivity index (χ0) is 14.5. The molecule has 2 aromatic rings. The van der Waals surface area contributed by atoms with E-state index in [1.165, 1.54) is 5.38 Å². The fourth-order valence-corrected chi connectivity index (χ4v) is 2.35. The fourth-order valence-electron chi connectivity index (χ4n) is 1.71. The lowest BCUT2D eigenvalue weighted by Gasteiger charge is -2.12. The summed E-state index contributed by atoms with van der Waals surface area (Å²) in [6.45, 7) is 2.49. The molecule has 104 valence electrons. The molecule has 0 saturated heterocycles. The molecule has 0 spiro atoms. The summed E-state index contributed by atoms with van der Waals surface area (Å²) in [5, 5.41) is 12.9. The van der Waals surface area contributed by atoms with Gasteiger partial charge in [-0.25, -0.2) is 9.78 Å². The Balaban J connectivity index is 1.93. The van der Waals surface area contributed by atoms with Crippen molar-refractivity contribution >= 4 is 23.2 Å². The quantitative estimate of drug-likeness (QED) is 0.886. The number of aromatic nitrogens is 1. The predicted molar refractivity (Wildman–Crippen MR) is 76.3 cm³/mol. The van der Waals surface area contributed by atoms with Crippen LogP contribution in [0.4, 0.5) is 0 Å². The highest BCUT2D eigenvalue weighted by Crippen LogP contribution is 2.14. The Bertz CT molecular complexity index is 610. The molecule has 20 heavy (non-hydrogen) atoms. The Labute approximate surface area is 120 Å². The van der Waals surface area contributed by atoms with Crippen LogP contribution in [0.1, 0.15) is 38.7 Å². The third-order valence-corrected chi connectivity index (χ3v) is 3.69. The highest BCUT2D eigenvalue weighted by Gasteiger charge is 2.15. The summed E-state index contributed by atoms with van der Waals surface area (Å²) in [5.74, 6) is -1.29. The van der Waals surface area contributed by atoms with E-state index in [0.29, 0.717) is 6.54 Å². The molecule has 0 fully saturated rings. The normalized spacial score (nSPS) is 11.8. The molecule has 1 aromatic heterocycles. The van der Waals surface area contributed by atoms with E-state index in [0.717, 1.165) is 16.9 Å². The van der Waals surface area contributed by atoms with Crippen molar-refractivity contribution in [3.05, 3.63) is 52.0 Å². The maximum Gasteiger partial charge on any atom is 0.365 e. The summed E-state index contributed by atoms with van der Waals surface area (Å²) in [4.78, 5) is 26.3. The standard InChI is InChI=1S/C14H14N2O3S/c1-9(10-5-3-2-4-6-10)7-15-12(17)11-8-20-13(16-11)14(18)19/h2-6,8-9H,7H2,1H3,(H,15,17)(H,18,19). The average molecular weight is 290 g/mol. The summed E-state index contributed by atoms with van der Waals surface area (Å²) in [7, 11) is 0. The minimum Gasteiger partial charge on any atom is -0.476 e. The summed E-state index contributed by atoms with van der Waals surface area (Å²) in [5.41, 5.74) is 1.28. The number of nitrogens with zero attached hydrogens (tertiary/aromatic N) is 1. The third-order valence-electron chi connectivity index (χ3n) is 2.86. The number of amides is 1. The molecule has 2 N–H and O–H groups in total. The number of nitrogens with one attached hydrogen (secondary N) is 1. The summed E-state index contributed by atoms with van der Waals surface area (Å²) < 4.78 is 0. The van der Waals surface area contributed by atoms with Gasteiger partial charge in [0.25, 0.3) is 5.91 Å². The van der Waals surface area contributed by atoms with E-state index in [2.05, 4.69) is 10.3 Å². The Morgan fingerprint density at radius 3 is 2.65 bits per heavy atom. The number of carbonyl (C=O) groups is 2. The summed E-state index contributed by atoms with van der Waals surface area (Å²) in [6.07, 6.45) is 0. The molecule has 0 aliphatic heterocycles. The van der Waals surface area contributed by atoms with Crippen LogP contribution in [0.2, 0.25) is 0 Å². The first-order valence-corrected chi connectivity index (χ1v) is 6.98. The number of carboxylic acid groups (broad SMARTS) is 1. The molecule has 0 bridgehead atoms. The molecule has 1 amide bonds. The topological polar surface area (TPSA) is 79.3 Å². The molecule has 0 aliphatic rings. The zero-order valence-electron chi connectivity index (χ0n) is 10.9. The summed E-state index contributed by atoms with van der Waals surface area (Å²) in [6, 6.07) is 9.85. The van der Waals surface area contributed by atoms with Crippen LogP contribution in [0.15, 0.2) is 35.7 Å². The van der Waals surface area contributed by atoms with Crippen molar-refractivity contribution in [3.63, 3.8) is 0 Å². The number of carboxylic acids is 1. The lowest BCUT2D eigenvalue weighted by atomic mass is 10.0. The fraction of sp³-hybridized carbons (Fsp3) is 0.214. The average Bonchev–Trinajstić information content (AvgIpc) is 2.95. The Hall–Kier alpha value is -2.21. The van der Waals surface area contributed by atoms with Gasteiger partial charge in [-0.1, -0.05) is 37.3 Å². The van der Waals surface area contributed by atoms with Crippen LogP contribution in [0.3, 0.4) is 0 Å². The van der Waals surface area contributed by atoms with Gasteiger partial charge >= 0.3 is 5.97 Å². The molecular formula is C14H14N2O3S. The van der Waals surface area contributed by atoms with Crippen molar-refractivity contribution in [3.8, 4) is 0 Å². The van der Waals surface area contributed by atoms with Gasteiger partial charge in [-0.15, -0.1) is 11.3 Å². The van der Waals surface area contributed by atoms with Crippen LogP contribution in [-0.2, 0) is 0 Å². The Morgan fingerprint density at radius 2 is 2.05 bits per heavy atom. The molecule has 0 aliphatic carbocycles. The third kappa shape index (κ3) is 3.42.